The lowest BCUT2D eigenvalue weighted by Crippen LogP contribution is -2.21. The molecule has 0 fully saturated rings. The fourth-order valence-corrected chi connectivity index (χ4v) is 9.64. The van der Waals surface area contributed by atoms with Crippen molar-refractivity contribution in [1.29, 1.82) is 0 Å². The van der Waals surface area contributed by atoms with Crippen LogP contribution in [0, 0.1) is 18.8 Å². The first kappa shape index (κ1) is 39.0. The molecule has 0 amide bonds. The molecule has 7 nitrogen and oxygen atoms in total. The highest BCUT2D eigenvalue weighted by atomic mass is 32.1. The van der Waals surface area contributed by atoms with E-state index in [1.165, 1.54) is 20.2 Å². The molecule has 0 saturated heterocycles. The van der Waals surface area contributed by atoms with Crippen LogP contribution in [0.2, 0.25) is 0 Å². The van der Waals surface area contributed by atoms with Crippen LogP contribution < -0.4 is 10.5 Å². The van der Waals surface area contributed by atoms with Gasteiger partial charge >= 0.3 is 0 Å². The number of thiophene rings is 2. The van der Waals surface area contributed by atoms with Crippen molar-refractivity contribution in [3.05, 3.63) is 157 Å². The third kappa shape index (κ3) is 7.72. The van der Waals surface area contributed by atoms with Gasteiger partial charge in [-0.3, -0.25) is 0 Å². The Morgan fingerprint density at radius 1 is 0.783 bits per heavy atom. The molecule has 60 heavy (non-hydrogen) atoms. The number of aliphatic imine (C=N–C) groups is 1. The van der Waals surface area contributed by atoms with Gasteiger partial charge in [0.25, 0.3) is 0 Å². The Hall–Kier alpha value is -6.47. The van der Waals surface area contributed by atoms with Gasteiger partial charge in [0.1, 0.15) is 11.4 Å². The van der Waals surface area contributed by atoms with Gasteiger partial charge in [-0.25, -0.2) is 15.0 Å². The van der Waals surface area contributed by atoms with E-state index in [0.717, 1.165) is 109 Å². The number of hydrogen-bond donors (Lipinski definition) is 2. The maximum atomic E-state index is 6.63. The normalized spacial score (nSPS) is 13.8. The molecule has 6 heterocycles. The number of para-hydroxylation sites is 2. The zero-order chi connectivity index (χ0) is 41.3. The van der Waals surface area contributed by atoms with Gasteiger partial charge < -0.3 is 19.3 Å². The Balaban J connectivity index is 1.08. The standard InChI is InChI=1S/C51H46N6OS2/c1-7-38-22-25-46(59-38)48-31(5)27-36(52-48)29-44-40(32(6)49(54-44)47-26-23-39(8-2)60-47)24-17-33-15-19-35(20-16-33)53-51-41(50-55-42-13-11-12-14-43(42)56-50)28-34-18-21-37(30-45(34)58-51)57(9-3)10-4/h11-16,18-23,25-30,52H,7-10H2,1-6H3,(H,55,56)/b44-29-,53-51?. The minimum absolute atomic E-state index is 0.482. The summed E-state index contributed by atoms with van der Waals surface area (Å²) in [5, 5.41) is 0.979. The molecule has 9 rings (SSSR count). The number of benzene rings is 3. The fourth-order valence-electron chi connectivity index (χ4n) is 7.63. The minimum Gasteiger partial charge on any atom is -0.438 e. The number of nitrogens with zero attached hydrogens (tertiary/aromatic N) is 4. The lowest BCUT2D eigenvalue weighted by Gasteiger charge is -2.21. The van der Waals surface area contributed by atoms with E-state index in [1.54, 1.807) is 11.3 Å². The smallest absolute Gasteiger partial charge is 0.230 e. The molecular weight excluding hydrogens is 777 g/mol. The second kappa shape index (κ2) is 16.6. The number of aromatic nitrogens is 3. The zero-order valence-electron chi connectivity index (χ0n) is 34.7. The Morgan fingerprint density at radius 3 is 2.27 bits per heavy atom. The summed E-state index contributed by atoms with van der Waals surface area (Å²) in [5.41, 5.74) is 13.9. The SMILES string of the molecule is CCc1ccc(C2=N/C(=C\c3cc(C)c(-c4ccc(CC)s4)[nH]3)C(C#Cc3ccc(N=c4oc5cc(N(CC)CC)ccc5cc4-c4nc5ccccc5[nH]4)cc3)=C2C)s1. The summed E-state index contributed by atoms with van der Waals surface area (Å²) in [5.74, 6) is 7.70. The van der Waals surface area contributed by atoms with Gasteiger partial charge in [-0.2, -0.15) is 0 Å². The van der Waals surface area contributed by atoms with E-state index in [4.69, 9.17) is 19.4 Å². The molecule has 3 aromatic carbocycles. The molecule has 0 atom stereocenters. The molecular formula is C51H46N6OS2. The molecule has 0 spiro atoms. The van der Waals surface area contributed by atoms with Gasteiger partial charge in [0.05, 0.1) is 54.7 Å². The number of hydrogen-bond acceptors (Lipinski definition) is 7. The van der Waals surface area contributed by atoms with Crippen molar-refractivity contribution in [3.8, 4) is 33.8 Å². The zero-order valence-corrected chi connectivity index (χ0v) is 36.4. The number of aromatic amines is 2. The van der Waals surface area contributed by atoms with E-state index in [1.807, 2.05) is 59.9 Å². The van der Waals surface area contributed by atoms with Crippen LogP contribution in [0.25, 0.3) is 50.0 Å². The summed E-state index contributed by atoms with van der Waals surface area (Å²) in [6, 6.07) is 35.5. The third-order valence-electron chi connectivity index (χ3n) is 11.0. The molecule has 5 aromatic heterocycles. The van der Waals surface area contributed by atoms with Crippen molar-refractivity contribution in [1.82, 2.24) is 15.0 Å². The number of imidazole rings is 1. The van der Waals surface area contributed by atoms with Gasteiger partial charge in [0.15, 0.2) is 0 Å². The van der Waals surface area contributed by atoms with E-state index in [9.17, 15) is 0 Å². The minimum atomic E-state index is 0.482. The molecule has 9 heteroatoms. The van der Waals surface area contributed by atoms with Crippen LogP contribution in [0.1, 0.15) is 66.1 Å². The van der Waals surface area contributed by atoms with Crippen LogP contribution in [-0.2, 0) is 12.8 Å². The van der Waals surface area contributed by atoms with E-state index in [2.05, 4.69) is 129 Å². The Labute approximate surface area is 358 Å². The summed E-state index contributed by atoms with van der Waals surface area (Å²) >= 11 is 3.64. The molecule has 0 aliphatic carbocycles. The molecule has 298 valence electrons. The predicted molar refractivity (Wildman–Crippen MR) is 253 cm³/mol. The van der Waals surface area contributed by atoms with Gasteiger partial charge in [0.2, 0.25) is 5.55 Å². The van der Waals surface area contributed by atoms with E-state index < -0.39 is 0 Å². The van der Waals surface area contributed by atoms with Crippen LogP contribution in [0.5, 0.6) is 0 Å². The average Bonchev–Trinajstić information content (AvgIpc) is 4.12. The number of H-pyrrole nitrogens is 2. The fraction of sp³-hybridized carbons (Fsp3) is 0.196. The highest BCUT2D eigenvalue weighted by molar-refractivity contribution is 7.15. The van der Waals surface area contributed by atoms with Crippen molar-refractivity contribution in [2.75, 3.05) is 18.0 Å². The summed E-state index contributed by atoms with van der Waals surface area (Å²) in [6.07, 6.45) is 4.17. The van der Waals surface area contributed by atoms with E-state index in [-0.39, 0.29) is 0 Å². The van der Waals surface area contributed by atoms with Crippen LogP contribution in [0.3, 0.4) is 0 Å². The molecule has 1 aliphatic rings. The average molecular weight is 823 g/mol. The Kier molecular flexibility index (Phi) is 10.8. The van der Waals surface area contributed by atoms with Crippen LogP contribution in [-0.4, -0.2) is 33.8 Å². The summed E-state index contributed by atoms with van der Waals surface area (Å²) < 4.78 is 6.63. The largest absolute Gasteiger partial charge is 0.438 e. The highest BCUT2D eigenvalue weighted by Gasteiger charge is 2.23. The number of aryl methyl sites for hydroxylation is 3. The monoisotopic (exact) mass is 822 g/mol. The van der Waals surface area contributed by atoms with Gasteiger partial charge in [-0.1, -0.05) is 37.8 Å². The Bertz CT molecular complexity index is 3090. The summed E-state index contributed by atoms with van der Waals surface area (Å²) in [6.45, 7) is 14.8. The van der Waals surface area contributed by atoms with Gasteiger partial charge in [-0.05, 0) is 143 Å². The van der Waals surface area contributed by atoms with Crippen LogP contribution >= 0.6 is 22.7 Å². The maximum Gasteiger partial charge on any atom is 0.230 e. The predicted octanol–water partition coefficient (Wildman–Crippen LogP) is 12.8. The van der Waals surface area contributed by atoms with E-state index >= 15 is 0 Å². The van der Waals surface area contributed by atoms with Gasteiger partial charge in [-0.15, -0.1) is 22.7 Å². The number of fused-ring (bicyclic) bond motifs is 2. The highest BCUT2D eigenvalue weighted by Crippen LogP contribution is 2.35. The first-order valence-electron chi connectivity index (χ1n) is 20.6. The van der Waals surface area contributed by atoms with Crippen molar-refractivity contribution in [2.24, 2.45) is 9.98 Å². The maximum absolute atomic E-state index is 6.63. The number of nitrogens with one attached hydrogen (secondary N) is 2. The van der Waals surface area contributed by atoms with E-state index in [0.29, 0.717) is 11.4 Å². The van der Waals surface area contributed by atoms with Crippen LogP contribution in [0.4, 0.5) is 11.4 Å². The second-order valence-electron chi connectivity index (χ2n) is 14.9. The molecule has 2 N–H and O–H groups in total. The van der Waals surface area contributed by atoms with Gasteiger partial charge in [0, 0.05) is 51.2 Å². The van der Waals surface area contributed by atoms with Crippen LogP contribution in [0.15, 0.2) is 134 Å². The molecule has 0 bridgehead atoms. The summed E-state index contributed by atoms with van der Waals surface area (Å²) in [7, 11) is 0. The molecule has 0 radical (unpaired) electrons. The second-order valence-corrected chi connectivity index (χ2v) is 17.2. The lowest BCUT2D eigenvalue weighted by molar-refractivity contribution is 0.547. The number of rotatable bonds is 10. The summed E-state index contributed by atoms with van der Waals surface area (Å²) in [4.78, 5) is 29.8. The number of anilines is 1. The molecule has 0 saturated carbocycles. The third-order valence-corrected chi connectivity index (χ3v) is 13.5. The number of allylic oxidation sites excluding steroid dienone is 2. The molecule has 1 aliphatic heterocycles. The molecule has 0 unspecified atom stereocenters. The van der Waals surface area contributed by atoms with Crippen molar-refractivity contribution in [2.45, 2.75) is 54.4 Å². The van der Waals surface area contributed by atoms with Crippen molar-refractivity contribution >= 4 is 67.8 Å². The topological polar surface area (TPSA) is 85.6 Å². The van der Waals surface area contributed by atoms with Crippen molar-refractivity contribution in [3.63, 3.8) is 0 Å². The Morgan fingerprint density at radius 2 is 1.53 bits per heavy atom. The first-order chi connectivity index (χ1) is 29.3. The van der Waals surface area contributed by atoms with Crippen molar-refractivity contribution < 1.29 is 4.42 Å². The molecule has 8 aromatic rings. The first-order valence-corrected chi connectivity index (χ1v) is 22.3. The quantitative estimate of drug-likeness (QED) is 0.135. The lowest BCUT2D eigenvalue weighted by atomic mass is 10.0.